The number of aliphatic hydroxyl groups is 1. The third kappa shape index (κ3) is 6.79. The highest BCUT2D eigenvalue weighted by Gasteiger charge is 2.76. The van der Waals surface area contributed by atoms with Crippen LogP contribution in [0.5, 0.6) is 0 Å². The Morgan fingerprint density at radius 3 is 2.42 bits per heavy atom. The monoisotopic (exact) mass is 686 g/mol. The lowest BCUT2D eigenvalue weighted by Crippen LogP contribution is -2.58. The summed E-state index contributed by atoms with van der Waals surface area (Å²) in [5, 5.41) is 9.24. The van der Waals surface area contributed by atoms with Gasteiger partial charge in [-0.2, -0.15) is 0 Å². The predicted molar refractivity (Wildman–Crippen MR) is 176 cm³/mol. The van der Waals surface area contributed by atoms with E-state index in [1.807, 2.05) is 30.3 Å². The third-order valence-electron chi connectivity index (χ3n) is 9.71. The number of benzene rings is 1. The van der Waals surface area contributed by atoms with Crippen molar-refractivity contribution in [2.24, 2.45) is 11.8 Å². The van der Waals surface area contributed by atoms with Gasteiger partial charge in [-0.3, -0.25) is 19.3 Å². The van der Waals surface area contributed by atoms with Gasteiger partial charge < -0.3 is 29.3 Å². The number of carbonyl (C=O) groups is 3. The molecule has 11 heteroatoms. The second-order valence-electron chi connectivity index (χ2n) is 12.4. The van der Waals surface area contributed by atoms with E-state index in [1.165, 1.54) is 0 Å². The summed E-state index contributed by atoms with van der Waals surface area (Å²) in [5.74, 6) is -2.05. The molecule has 5 rings (SSSR count). The second-order valence-corrected chi connectivity index (χ2v) is 13.6. The van der Waals surface area contributed by atoms with Crippen LogP contribution in [0.25, 0.3) is 0 Å². The van der Waals surface area contributed by atoms with E-state index in [0.29, 0.717) is 65.2 Å². The number of likely N-dealkylation sites (tertiary alicyclic amines) is 1. The number of halogens is 1. The SMILES string of the molecule is C=CCN(CCN1CCOCC1)C(=O)C1N(CCCCCCO)C(=O)[C@@H]2[C@H](C(=O)N(CC=C)c3ccccc3)[C@H]3OC12CC3Br. The number of carbonyl (C=O) groups excluding carboxylic acids is 3. The van der Waals surface area contributed by atoms with Gasteiger partial charge in [0.1, 0.15) is 11.6 Å². The van der Waals surface area contributed by atoms with Crippen molar-refractivity contribution in [3.8, 4) is 0 Å². The van der Waals surface area contributed by atoms with Gasteiger partial charge in [0.2, 0.25) is 17.7 Å². The fraction of sp³-hybridized carbons (Fsp3) is 0.618. The molecule has 1 aromatic carbocycles. The van der Waals surface area contributed by atoms with Crippen LogP contribution in [-0.2, 0) is 23.9 Å². The van der Waals surface area contributed by atoms with Gasteiger partial charge in [0, 0.05) is 62.9 Å². The van der Waals surface area contributed by atoms with Crippen LogP contribution in [0.15, 0.2) is 55.6 Å². The molecule has 1 spiro atoms. The summed E-state index contributed by atoms with van der Waals surface area (Å²) in [4.78, 5) is 50.9. The Hall–Kier alpha value is -2.57. The Bertz CT molecular complexity index is 1210. The maximum atomic E-state index is 14.7. The standard InChI is InChI=1S/C34H47BrN4O6/c1-3-14-37(18-17-36-19-22-44-23-20-36)33(43)30-34-24-26(35)29(45-34)27(28(34)32(42)39(30)16-10-5-6-11-21-40)31(41)38(15-4-2)25-12-8-7-9-13-25/h3-4,7-9,12-13,26-30,40H,1-2,5-6,10-11,14-24H2/t26?,27-,28-,29-,30?,34?/m0/s1. The molecule has 0 saturated carbocycles. The summed E-state index contributed by atoms with van der Waals surface area (Å²) in [6.45, 7) is 13.1. The number of rotatable bonds is 16. The highest BCUT2D eigenvalue weighted by Crippen LogP contribution is 2.60. The molecule has 6 atom stereocenters. The molecule has 4 heterocycles. The van der Waals surface area contributed by atoms with Crippen molar-refractivity contribution in [2.45, 2.75) is 54.7 Å². The van der Waals surface area contributed by atoms with Gasteiger partial charge in [0.05, 0.1) is 31.2 Å². The quantitative estimate of drug-likeness (QED) is 0.162. The minimum atomic E-state index is -1.12. The molecule has 1 aromatic rings. The van der Waals surface area contributed by atoms with Crippen molar-refractivity contribution < 1.29 is 29.0 Å². The maximum Gasteiger partial charge on any atom is 0.248 e. The first-order valence-corrected chi connectivity index (χ1v) is 17.2. The third-order valence-corrected chi connectivity index (χ3v) is 10.6. The first kappa shape index (κ1) is 33.8. The minimum Gasteiger partial charge on any atom is -0.396 e. The van der Waals surface area contributed by atoms with E-state index in [1.54, 1.807) is 26.9 Å². The smallest absolute Gasteiger partial charge is 0.248 e. The number of aliphatic hydroxyl groups excluding tert-OH is 1. The van der Waals surface area contributed by atoms with E-state index in [-0.39, 0.29) is 29.2 Å². The largest absolute Gasteiger partial charge is 0.396 e. The van der Waals surface area contributed by atoms with Crippen LogP contribution in [0.1, 0.15) is 32.1 Å². The number of amides is 3. The van der Waals surface area contributed by atoms with Crippen LogP contribution in [0.4, 0.5) is 5.69 Å². The fourth-order valence-electron chi connectivity index (χ4n) is 7.63. The Morgan fingerprint density at radius 2 is 1.73 bits per heavy atom. The number of para-hydroxylation sites is 1. The number of nitrogens with zero attached hydrogens (tertiary/aromatic N) is 4. The summed E-state index contributed by atoms with van der Waals surface area (Å²) in [6, 6.07) is 8.56. The van der Waals surface area contributed by atoms with Gasteiger partial charge in [-0.15, -0.1) is 13.2 Å². The highest BCUT2D eigenvalue weighted by molar-refractivity contribution is 9.09. The molecule has 4 fully saturated rings. The molecule has 3 unspecified atom stereocenters. The molecule has 4 aliphatic rings. The molecule has 0 radical (unpaired) electrons. The summed E-state index contributed by atoms with van der Waals surface area (Å²) >= 11 is 3.80. The first-order chi connectivity index (χ1) is 21.9. The van der Waals surface area contributed by atoms with Crippen molar-refractivity contribution in [2.75, 3.05) is 70.5 Å². The molecule has 0 aliphatic carbocycles. The van der Waals surface area contributed by atoms with Gasteiger partial charge in [0.15, 0.2) is 0 Å². The molecule has 45 heavy (non-hydrogen) atoms. The lowest BCUT2D eigenvalue weighted by atomic mass is 9.70. The van der Waals surface area contributed by atoms with E-state index in [9.17, 15) is 19.5 Å². The number of unbranched alkanes of at least 4 members (excludes halogenated alkanes) is 3. The molecule has 3 amide bonds. The fourth-order valence-corrected chi connectivity index (χ4v) is 8.57. The average molecular weight is 688 g/mol. The van der Waals surface area contributed by atoms with E-state index in [0.717, 1.165) is 31.6 Å². The van der Waals surface area contributed by atoms with Gasteiger partial charge in [0.25, 0.3) is 0 Å². The molecule has 246 valence electrons. The molecule has 10 nitrogen and oxygen atoms in total. The molecule has 4 saturated heterocycles. The Balaban J connectivity index is 1.46. The summed E-state index contributed by atoms with van der Waals surface area (Å²) in [7, 11) is 0. The van der Waals surface area contributed by atoms with Crippen molar-refractivity contribution in [3.63, 3.8) is 0 Å². The number of ether oxygens (including phenoxy) is 2. The van der Waals surface area contributed by atoms with E-state index < -0.39 is 29.6 Å². The molecule has 0 aromatic heterocycles. The Labute approximate surface area is 275 Å². The number of hydrogen-bond acceptors (Lipinski definition) is 7. The van der Waals surface area contributed by atoms with E-state index in [2.05, 4.69) is 34.0 Å². The summed E-state index contributed by atoms with van der Waals surface area (Å²) in [6.07, 6.45) is 6.39. The average Bonchev–Trinajstić information content (AvgIpc) is 3.65. The van der Waals surface area contributed by atoms with E-state index in [4.69, 9.17) is 9.47 Å². The Kier molecular flexibility index (Phi) is 11.5. The van der Waals surface area contributed by atoms with Gasteiger partial charge >= 0.3 is 0 Å². The lowest BCUT2D eigenvalue weighted by molar-refractivity contribution is -0.148. The number of anilines is 1. The normalized spacial score (nSPS) is 29.1. The number of morpholine rings is 1. The van der Waals surface area contributed by atoms with Crippen LogP contribution in [0.2, 0.25) is 0 Å². The van der Waals surface area contributed by atoms with Crippen molar-refractivity contribution >= 4 is 39.3 Å². The van der Waals surface area contributed by atoms with Crippen LogP contribution < -0.4 is 4.90 Å². The van der Waals surface area contributed by atoms with Crippen molar-refractivity contribution in [3.05, 3.63) is 55.6 Å². The Morgan fingerprint density at radius 1 is 1.02 bits per heavy atom. The maximum absolute atomic E-state index is 14.7. The predicted octanol–water partition coefficient (Wildman–Crippen LogP) is 2.85. The topological polar surface area (TPSA) is 103 Å². The van der Waals surface area contributed by atoms with Gasteiger partial charge in [-0.25, -0.2) is 0 Å². The molecule has 1 N–H and O–H groups in total. The minimum absolute atomic E-state index is 0.128. The van der Waals surface area contributed by atoms with Crippen LogP contribution in [-0.4, -0.2) is 126 Å². The lowest BCUT2D eigenvalue weighted by Gasteiger charge is -2.38. The molecule has 2 bridgehead atoms. The van der Waals surface area contributed by atoms with Crippen molar-refractivity contribution in [1.29, 1.82) is 0 Å². The number of fused-ring (bicyclic) bond motifs is 1. The van der Waals surface area contributed by atoms with Crippen LogP contribution in [0.3, 0.4) is 0 Å². The zero-order valence-electron chi connectivity index (χ0n) is 26.1. The molecule has 4 aliphatic heterocycles. The first-order valence-electron chi connectivity index (χ1n) is 16.3. The van der Waals surface area contributed by atoms with Crippen molar-refractivity contribution in [1.82, 2.24) is 14.7 Å². The van der Waals surface area contributed by atoms with Crippen LogP contribution >= 0.6 is 15.9 Å². The molecular formula is C34H47BrN4O6. The van der Waals surface area contributed by atoms with Gasteiger partial charge in [-0.1, -0.05) is 59.1 Å². The second kappa shape index (κ2) is 15.3. The highest BCUT2D eigenvalue weighted by atomic mass is 79.9. The zero-order valence-corrected chi connectivity index (χ0v) is 27.7. The number of alkyl halides is 1. The summed E-state index contributed by atoms with van der Waals surface area (Å²) < 4.78 is 12.3. The van der Waals surface area contributed by atoms with Gasteiger partial charge in [-0.05, 0) is 31.4 Å². The van der Waals surface area contributed by atoms with Crippen LogP contribution in [0, 0.1) is 11.8 Å². The van der Waals surface area contributed by atoms with E-state index >= 15 is 0 Å². The molecular weight excluding hydrogens is 640 g/mol. The number of hydrogen-bond donors (Lipinski definition) is 1. The summed E-state index contributed by atoms with van der Waals surface area (Å²) in [5.41, 5.74) is -0.391. The zero-order chi connectivity index (χ0) is 32.0.